The summed E-state index contributed by atoms with van der Waals surface area (Å²) < 4.78 is 5.26. The number of hydrogen-bond donors (Lipinski definition) is 1. The van der Waals surface area contributed by atoms with Crippen molar-refractivity contribution in [1.82, 2.24) is 9.88 Å². The molecule has 1 aromatic carbocycles. The van der Waals surface area contributed by atoms with E-state index < -0.39 is 0 Å². The van der Waals surface area contributed by atoms with Crippen LogP contribution in [0.4, 0.5) is 10.5 Å². The minimum atomic E-state index is -0.0668. The standard InChI is InChI=1S/C17H19N3O2S/c21-17(20-8-10-22-11-9-20)19-15-5-3-4-14(12-15)13-23-16-6-1-2-7-18-16/h1-7,12H,8-11,13H2,(H,19,21). The molecule has 0 radical (unpaired) electrons. The first-order valence-corrected chi connectivity index (χ1v) is 8.56. The number of amides is 2. The van der Waals surface area contributed by atoms with Gasteiger partial charge in [-0.2, -0.15) is 0 Å². The first-order chi connectivity index (χ1) is 11.3. The third-order valence-corrected chi connectivity index (χ3v) is 4.52. The van der Waals surface area contributed by atoms with Gasteiger partial charge in [-0.1, -0.05) is 18.2 Å². The summed E-state index contributed by atoms with van der Waals surface area (Å²) >= 11 is 1.68. The number of carbonyl (C=O) groups excluding carboxylic acids is 1. The van der Waals surface area contributed by atoms with E-state index in [9.17, 15) is 4.79 Å². The maximum absolute atomic E-state index is 12.2. The van der Waals surface area contributed by atoms with E-state index in [0.29, 0.717) is 26.3 Å². The van der Waals surface area contributed by atoms with E-state index in [2.05, 4.69) is 16.4 Å². The summed E-state index contributed by atoms with van der Waals surface area (Å²) in [6, 6.07) is 13.8. The van der Waals surface area contributed by atoms with Crippen molar-refractivity contribution in [3.05, 3.63) is 54.2 Å². The minimum Gasteiger partial charge on any atom is -0.378 e. The Kier molecular flexibility index (Phi) is 5.50. The Labute approximate surface area is 140 Å². The van der Waals surface area contributed by atoms with Gasteiger partial charge < -0.3 is 15.0 Å². The molecule has 0 aliphatic carbocycles. The SMILES string of the molecule is O=C(Nc1cccc(CSc2ccccn2)c1)N1CCOCC1. The number of morpholine rings is 1. The van der Waals surface area contributed by atoms with Crippen LogP contribution in [0.5, 0.6) is 0 Å². The lowest BCUT2D eigenvalue weighted by molar-refractivity contribution is 0.0564. The molecule has 23 heavy (non-hydrogen) atoms. The zero-order chi connectivity index (χ0) is 15.9. The van der Waals surface area contributed by atoms with Crippen molar-refractivity contribution < 1.29 is 9.53 Å². The monoisotopic (exact) mass is 329 g/mol. The lowest BCUT2D eigenvalue weighted by Gasteiger charge is -2.27. The van der Waals surface area contributed by atoms with Crippen molar-refractivity contribution in [2.45, 2.75) is 10.8 Å². The number of ether oxygens (including phenoxy) is 1. The van der Waals surface area contributed by atoms with E-state index in [4.69, 9.17) is 4.74 Å². The van der Waals surface area contributed by atoms with Crippen LogP contribution in [-0.2, 0) is 10.5 Å². The maximum atomic E-state index is 12.2. The summed E-state index contributed by atoms with van der Waals surface area (Å²) in [5.74, 6) is 0.818. The van der Waals surface area contributed by atoms with Crippen LogP contribution in [0.2, 0.25) is 0 Å². The molecule has 6 heteroatoms. The Bertz CT molecular complexity index is 645. The summed E-state index contributed by atoms with van der Waals surface area (Å²) in [5.41, 5.74) is 1.97. The number of nitrogens with one attached hydrogen (secondary N) is 1. The molecule has 1 fully saturated rings. The van der Waals surface area contributed by atoms with Gasteiger partial charge in [-0.05, 0) is 29.8 Å². The topological polar surface area (TPSA) is 54.5 Å². The Morgan fingerprint density at radius 3 is 2.87 bits per heavy atom. The van der Waals surface area contributed by atoms with Crippen LogP contribution in [0.3, 0.4) is 0 Å². The first-order valence-electron chi connectivity index (χ1n) is 7.58. The molecule has 120 valence electrons. The van der Waals surface area contributed by atoms with Gasteiger partial charge in [0.2, 0.25) is 0 Å². The molecule has 2 aromatic rings. The average Bonchev–Trinajstić information content (AvgIpc) is 2.62. The average molecular weight is 329 g/mol. The summed E-state index contributed by atoms with van der Waals surface area (Å²) in [5, 5.41) is 3.95. The molecule has 5 nitrogen and oxygen atoms in total. The second kappa shape index (κ2) is 7.99. The molecule has 0 spiro atoms. The highest BCUT2D eigenvalue weighted by molar-refractivity contribution is 7.98. The van der Waals surface area contributed by atoms with Crippen LogP contribution in [0.15, 0.2) is 53.7 Å². The summed E-state index contributed by atoms with van der Waals surface area (Å²) in [6.45, 7) is 2.49. The number of rotatable bonds is 4. The third kappa shape index (κ3) is 4.71. The van der Waals surface area contributed by atoms with Gasteiger partial charge in [0.1, 0.15) is 0 Å². The van der Waals surface area contributed by atoms with Crippen molar-refractivity contribution >= 4 is 23.5 Å². The number of thioether (sulfide) groups is 1. The van der Waals surface area contributed by atoms with Crippen LogP contribution in [0.1, 0.15) is 5.56 Å². The molecule has 1 aliphatic rings. The van der Waals surface area contributed by atoms with Crippen molar-refractivity contribution in [2.75, 3.05) is 31.6 Å². The first kappa shape index (κ1) is 15.8. The quantitative estimate of drug-likeness (QED) is 0.875. The van der Waals surface area contributed by atoms with Crippen LogP contribution in [0, 0.1) is 0 Å². The smallest absolute Gasteiger partial charge is 0.321 e. The number of benzene rings is 1. The Morgan fingerprint density at radius 1 is 1.22 bits per heavy atom. The van der Waals surface area contributed by atoms with E-state index in [1.54, 1.807) is 22.9 Å². The number of carbonyl (C=O) groups is 1. The second-order valence-corrected chi connectivity index (χ2v) is 6.18. The number of aromatic nitrogens is 1. The molecule has 0 saturated carbocycles. The number of urea groups is 1. The van der Waals surface area contributed by atoms with Crippen LogP contribution in [-0.4, -0.2) is 42.2 Å². The van der Waals surface area contributed by atoms with E-state index >= 15 is 0 Å². The van der Waals surface area contributed by atoms with Gasteiger partial charge in [-0.25, -0.2) is 9.78 Å². The van der Waals surface area contributed by atoms with Crippen molar-refractivity contribution in [1.29, 1.82) is 0 Å². The van der Waals surface area contributed by atoms with Gasteiger partial charge in [0.15, 0.2) is 0 Å². The zero-order valence-corrected chi connectivity index (χ0v) is 13.6. The molecule has 2 amide bonds. The second-order valence-electron chi connectivity index (χ2n) is 5.19. The van der Waals surface area contributed by atoms with Crippen molar-refractivity contribution in [2.24, 2.45) is 0 Å². The third-order valence-electron chi connectivity index (χ3n) is 3.50. The molecule has 0 bridgehead atoms. The number of pyridine rings is 1. The van der Waals surface area contributed by atoms with Gasteiger partial charge in [-0.3, -0.25) is 0 Å². The lowest BCUT2D eigenvalue weighted by Crippen LogP contribution is -2.43. The van der Waals surface area contributed by atoms with E-state index in [1.807, 2.05) is 36.4 Å². The molecule has 1 saturated heterocycles. The maximum Gasteiger partial charge on any atom is 0.321 e. The van der Waals surface area contributed by atoms with Gasteiger partial charge in [0.25, 0.3) is 0 Å². The molecule has 1 aromatic heterocycles. The van der Waals surface area contributed by atoms with Crippen LogP contribution < -0.4 is 5.32 Å². The van der Waals surface area contributed by atoms with E-state index in [0.717, 1.165) is 22.0 Å². The van der Waals surface area contributed by atoms with Gasteiger partial charge in [0.05, 0.1) is 18.2 Å². The largest absolute Gasteiger partial charge is 0.378 e. The number of anilines is 1. The summed E-state index contributed by atoms with van der Waals surface area (Å²) in [4.78, 5) is 18.3. The van der Waals surface area contributed by atoms with E-state index in [1.165, 1.54) is 0 Å². The summed E-state index contributed by atoms with van der Waals surface area (Å²) in [6.07, 6.45) is 1.79. The molecule has 1 aliphatic heterocycles. The molecule has 2 heterocycles. The van der Waals surface area contributed by atoms with Gasteiger partial charge >= 0.3 is 6.03 Å². The Balaban J connectivity index is 1.57. The predicted octanol–water partition coefficient (Wildman–Crippen LogP) is 3.24. The molecule has 0 unspecified atom stereocenters. The predicted molar refractivity (Wildman–Crippen MR) is 91.7 cm³/mol. The number of hydrogen-bond acceptors (Lipinski definition) is 4. The molecular formula is C17H19N3O2S. The Morgan fingerprint density at radius 2 is 2.09 bits per heavy atom. The van der Waals surface area contributed by atoms with Crippen molar-refractivity contribution in [3.8, 4) is 0 Å². The van der Waals surface area contributed by atoms with E-state index in [-0.39, 0.29) is 6.03 Å². The Hall–Kier alpha value is -2.05. The van der Waals surface area contributed by atoms with Crippen LogP contribution >= 0.6 is 11.8 Å². The fourth-order valence-electron chi connectivity index (χ4n) is 2.30. The fraction of sp³-hybridized carbons (Fsp3) is 0.294. The lowest BCUT2D eigenvalue weighted by atomic mass is 10.2. The van der Waals surface area contributed by atoms with Crippen molar-refractivity contribution in [3.63, 3.8) is 0 Å². The molecule has 1 N–H and O–H groups in total. The van der Waals surface area contributed by atoms with Gasteiger partial charge in [0, 0.05) is 30.7 Å². The van der Waals surface area contributed by atoms with Gasteiger partial charge in [-0.15, -0.1) is 11.8 Å². The normalized spacial score (nSPS) is 14.5. The number of nitrogens with zero attached hydrogens (tertiary/aromatic N) is 2. The highest BCUT2D eigenvalue weighted by atomic mass is 32.2. The highest BCUT2D eigenvalue weighted by Crippen LogP contribution is 2.22. The molecular weight excluding hydrogens is 310 g/mol. The minimum absolute atomic E-state index is 0.0668. The highest BCUT2D eigenvalue weighted by Gasteiger charge is 2.16. The van der Waals surface area contributed by atoms with Crippen LogP contribution in [0.25, 0.3) is 0 Å². The fourth-order valence-corrected chi connectivity index (χ4v) is 3.10. The molecule has 0 atom stereocenters. The summed E-state index contributed by atoms with van der Waals surface area (Å²) in [7, 11) is 0. The zero-order valence-electron chi connectivity index (χ0n) is 12.8. The molecule has 3 rings (SSSR count).